The molecule has 3 N–H and O–H groups in total. The number of carboxylic acids is 1. The molecule has 0 aromatic carbocycles. The van der Waals surface area contributed by atoms with Crippen LogP contribution in [0.25, 0.3) is 0 Å². The number of carbonyl (C=O) groups excluding carboxylic acids is 1. The molecule has 18 heavy (non-hydrogen) atoms. The Kier molecular flexibility index (Phi) is 5.35. The summed E-state index contributed by atoms with van der Waals surface area (Å²) < 4.78 is 0. The number of aromatic nitrogens is 2. The summed E-state index contributed by atoms with van der Waals surface area (Å²) in [5.41, 5.74) is 0.962. The van der Waals surface area contributed by atoms with Crippen LogP contribution in [-0.2, 0) is 16.0 Å². The topological polar surface area (TPSA) is 95.1 Å². The van der Waals surface area contributed by atoms with Gasteiger partial charge in [0.15, 0.2) is 0 Å². The largest absolute Gasteiger partial charge is 0.481 e. The lowest BCUT2D eigenvalue weighted by Crippen LogP contribution is -2.40. The molecule has 1 rings (SSSR count). The summed E-state index contributed by atoms with van der Waals surface area (Å²) in [4.78, 5) is 22.4. The maximum Gasteiger partial charge on any atom is 0.305 e. The first-order valence-electron chi connectivity index (χ1n) is 5.98. The van der Waals surface area contributed by atoms with Crippen LogP contribution in [0.1, 0.15) is 32.3 Å². The average molecular weight is 253 g/mol. The Labute approximate surface area is 106 Å². The lowest BCUT2D eigenvalue weighted by Gasteiger charge is -2.20. The molecule has 1 aromatic heterocycles. The summed E-state index contributed by atoms with van der Waals surface area (Å²) in [5.74, 6) is -0.932. The lowest BCUT2D eigenvalue weighted by atomic mass is 10.0. The van der Waals surface area contributed by atoms with E-state index < -0.39 is 5.97 Å². The maximum absolute atomic E-state index is 11.7. The smallest absolute Gasteiger partial charge is 0.305 e. The highest BCUT2D eigenvalue weighted by atomic mass is 16.4. The maximum atomic E-state index is 11.7. The number of hydrogen-bond acceptors (Lipinski definition) is 3. The number of hydrogen-bond donors (Lipinski definition) is 3. The van der Waals surface area contributed by atoms with Crippen molar-refractivity contribution < 1.29 is 14.7 Å². The van der Waals surface area contributed by atoms with E-state index in [1.54, 1.807) is 12.4 Å². The van der Waals surface area contributed by atoms with Crippen LogP contribution >= 0.6 is 0 Å². The van der Waals surface area contributed by atoms with Gasteiger partial charge in [0, 0.05) is 18.7 Å². The molecule has 1 aromatic rings. The van der Waals surface area contributed by atoms with Crippen LogP contribution in [-0.4, -0.2) is 33.2 Å². The number of aliphatic carboxylic acids is 1. The minimum Gasteiger partial charge on any atom is -0.481 e. The molecule has 100 valence electrons. The standard InChI is InChI=1S/C12H19N3O3/c1-8(2)10(5-12(17)18)15-11(16)4-3-9-6-13-14-7-9/h6-8,10H,3-5H2,1-2H3,(H,13,14)(H,15,16)(H,17,18)/t10-/m1/s1. The Hall–Kier alpha value is -1.85. The second-order valence-corrected chi connectivity index (χ2v) is 4.62. The van der Waals surface area contributed by atoms with Crippen LogP contribution in [0.2, 0.25) is 0 Å². The number of aryl methyl sites for hydroxylation is 1. The third-order valence-corrected chi connectivity index (χ3v) is 2.74. The van der Waals surface area contributed by atoms with Crippen molar-refractivity contribution >= 4 is 11.9 Å². The molecule has 1 atom stereocenters. The summed E-state index contributed by atoms with van der Waals surface area (Å²) in [5, 5.41) is 18.0. The van der Waals surface area contributed by atoms with E-state index in [2.05, 4.69) is 15.5 Å². The average Bonchev–Trinajstić information content (AvgIpc) is 2.77. The van der Waals surface area contributed by atoms with Crippen LogP contribution in [0, 0.1) is 5.92 Å². The van der Waals surface area contributed by atoms with Gasteiger partial charge in [0.2, 0.25) is 5.91 Å². The van der Waals surface area contributed by atoms with Crippen LogP contribution < -0.4 is 5.32 Å². The predicted octanol–water partition coefficient (Wildman–Crippen LogP) is 0.958. The van der Waals surface area contributed by atoms with Crippen molar-refractivity contribution in [3.05, 3.63) is 18.0 Å². The van der Waals surface area contributed by atoms with Crippen molar-refractivity contribution in [2.24, 2.45) is 5.92 Å². The second kappa shape index (κ2) is 6.78. The third-order valence-electron chi connectivity index (χ3n) is 2.74. The van der Waals surface area contributed by atoms with Crippen LogP contribution in [0.3, 0.4) is 0 Å². The zero-order valence-electron chi connectivity index (χ0n) is 10.6. The summed E-state index contributed by atoms with van der Waals surface area (Å²) in [6.07, 6.45) is 4.30. The molecular weight excluding hydrogens is 234 g/mol. The molecule has 0 aliphatic rings. The van der Waals surface area contributed by atoms with E-state index in [1.807, 2.05) is 13.8 Å². The minimum atomic E-state index is -0.899. The predicted molar refractivity (Wildman–Crippen MR) is 65.9 cm³/mol. The van der Waals surface area contributed by atoms with Gasteiger partial charge in [0.1, 0.15) is 0 Å². The fourth-order valence-corrected chi connectivity index (χ4v) is 1.59. The quantitative estimate of drug-likeness (QED) is 0.674. The van der Waals surface area contributed by atoms with Crippen molar-refractivity contribution in [1.29, 1.82) is 0 Å². The monoisotopic (exact) mass is 253 g/mol. The summed E-state index contributed by atoms with van der Waals surface area (Å²) in [6, 6.07) is -0.320. The van der Waals surface area contributed by atoms with E-state index in [0.717, 1.165) is 5.56 Å². The van der Waals surface area contributed by atoms with Gasteiger partial charge in [-0.1, -0.05) is 13.8 Å². The Morgan fingerprint density at radius 2 is 2.22 bits per heavy atom. The SMILES string of the molecule is CC(C)[C@@H](CC(=O)O)NC(=O)CCc1cn[nH]c1. The van der Waals surface area contributed by atoms with Gasteiger partial charge in [-0.05, 0) is 17.9 Å². The highest BCUT2D eigenvalue weighted by Crippen LogP contribution is 2.07. The Bertz CT molecular complexity index is 387. The van der Waals surface area contributed by atoms with E-state index in [-0.39, 0.29) is 24.3 Å². The molecule has 0 spiro atoms. The minimum absolute atomic E-state index is 0.0465. The first kappa shape index (κ1) is 14.2. The third kappa shape index (κ3) is 4.99. The van der Waals surface area contributed by atoms with Gasteiger partial charge in [-0.25, -0.2) is 0 Å². The van der Waals surface area contributed by atoms with Gasteiger partial charge < -0.3 is 10.4 Å². The van der Waals surface area contributed by atoms with Crippen LogP contribution in [0.4, 0.5) is 0 Å². The van der Waals surface area contributed by atoms with Gasteiger partial charge in [0.05, 0.1) is 12.6 Å². The van der Waals surface area contributed by atoms with Crippen molar-refractivity contribution in [2.45, 2.75) is 39.2 Å². The van der Waals surface area contributed by atoms with E-state index in [0.29, 0.717) is 12.8 Å². The Morgan fingerprint density at radius 1 is 1.50 bits per heavy atom. The first-order valence-corrected chi connectivity index (χ1v) is 5.98. The molecule has 1 amide bonds. The van der Waals surface area contributed by atoms with Crippen molar-refractivity contribution in [3.8, 4) is 0 Å². The number of rotatable bonds is 7. The van der Waals surface area contributed by atoms with Gasteiger partial charge in [-0.15, -0.1) is 0 Å². The van der Waals surface area contributed by atoms with E-state index in [9.17, 15) is 9.59 Å². The number of carbonyl (C=O) groups is 2. The zero-order chi connectivity index (χ0) is 13.5. The molecule has 0 bridgehead atoms. The van der Waals surface area contributed by atoms with E-state index in [1.165, 1.54) is 0 Å². The fraction of sp³-hybridized carbons (Fsp3) is 0.583. The molecule has 0 unspecified atom stereocenters. The van der Waals surface area contributed by atoms with Crippen molar-refractivity contribution in [1.82, 2.24) is 15.5 Å². The van der Waals surface area contributed by atoms with Gasteiger partial charge in [-0.2, -0.15) is 5.10 Å². The molecule has 0 saturated heterocycles. The first-order chi connectivity index (χ1) is 8.49. The second-order valence-electron chi connectivity index (χ2n) is 4.62. The molecule has 0 aliphatic heterocycles. The molecule has 1 heterocycles. The van der Waals surface area contributed by atoms with Crippen molar-refractivity contribution in [3.63, 3.8) is 0 Å². The fourth-order valence-electron chi connectivity index (χ4n) is 1.59. The van der Waals surface area contributed by atoms with E-state index >= 15 is 0 Å². The highest BCUT2D eigenvalue weighted by molar-refractivity contribution is 5.77. The molecule has 0 radical (unpaired) electrons. The van der Waals surface area contributed by atoms with Crippen molar-refractivity contribution in [2.75, 3.05) is 0 Å². The molecule has 6 nitrogen and oxygen atoms in total. The number of nitrogens with zero attached hydrogens (tertiary/aromatic N) is 1. The van der Waals surface area contributed by atoms with Gasteiger partial charge >= 0.3 is 5.97 Å². The number of amides is 1. The molecular formula is C12H19N3O3. The molecule has 0 saturated carbocycles. The summed E-state index contributed by atoms with van der Waals surface area (Å²) in [6.45, 7) is 3.79. The normalized spacial score (nSPS) is 12.4. The number of nitrogens with one attached hydrogen (secondary N) is 2. The molecule has 0 aliphatic carbocycles. The number of carboxylic acid groups (broad SMARTS) is 1. The summed E-state index contributed by atoms with van der Waals surface area (Å²) >= 11 is 0. The summed E-state index contributed by atoms with van der Waals surface area (Å²) in [7, 11) is 0. The molecule has 6 heteroatoms. The lowest BCUT2D eigenvalue weighted by molar-refractivity contribution is -0.138. The Morgan fingerprint density at radius 3 is 2.72 bits per heavy atom. The number of H-pyrrole nitrogens is 1. The number of aromatic amines is 1. The van der Waals surface area contributed by atoms with E-state index in [4.69, 9.17) is 5.11 Å². The zero-order valence-corrected chi connectivity index (χ0v) is 10.6. The van der Waals surface area contributed by atoms with Gasteiger partial charge in [-0.3, -0.25) is 14.7 Å². The van der Waals surface area contributed by atoms with Gasteiger partial charge in [0.25, 0.3) is 0 Å². The molecule has 0 fully saturated rings. The highest BCUT2D eigenvalue weighted by Gasteiger charge is 2.19. The van der Waals surface area contributed by atoms with Crippen LogP contribution in [0.15, 0.2) is 12.4 Å². The van der Waals surface area contributed by atoms with Crippen LogP contribution in [0.5, 0.6) is 0 Å². The Balaban J connectivity index is 2.38.